The number of nitrogens with zero attached hydrogens (tertiary/aromatic N) is 3. The molecule has 8 heteroatoms. The molecule has 30 heavy (non-hydrogen) atoms. The van der Waals surface area contributed by atoms with Gasteiger partial charge in [0, 0.05) is 41.6 Å². The van der Waals surface area contributed by atoms with E-state index in [2.05, 4.69) is 26.6 Å². The molecule has 154 valence electrons. The Hall–Kier alpha value is -2.77. The smallest absolute Gasteiger partial charge is 0.233 e. The third-order valence-corrected chi connectivity index (χ3v) is 6.57. The monoisotopic (exact) mass is 439 g/mol. The number of halogens is 1. The minimum Gasteiger partial charge on any atom is -0.361 e. The Morgan fingerprint density at radius 1 is 1.20 bits per heavy atom. The highest BCUT2D eigenvalue weighted by molar-refractivity contribution is 8.00. The van der Waals surface area contributed by atoms with Crippen molar-refractivity contribution in [1.29, 1.82) is 0 Å². The molecule has 0 saturated carbocycles. The molecule has 6 nitrogen and oxygen atoms in total. The van der Waals surface area contributed by atoms with Crippen LogP contribution >= 0.6 is 23.4 Å². The summed E-state index contributed by atoms with van der Waals surface area (Å²) in [6.07, 6.45) is 3.62. The van der Waals surface area contributed by atoms with Gasteiger partial charge in [-0.2, -0.15) is 0 Å². The van der Waals surface area contributed by atoms with Crippen molar-refractivity contribution in [1.82, 2.24) is 25.1 Å². The number of carbonyl (C=O) groups excluding carboxylic acids is 1. The molecule has 4 rings (SSSR count). The van der Waals surface area contributed by atoms with E-state index in [0.717, 1.165) is 22.0 Å². The normalized spacial score (nSPS) is 13.3. The molecule has 2 heterocycles. The van der Waals surface area contributed by atoms with E-state index in [9.17, 15) is 4.79 Å². The quantitative estimate of drug-likeness (QED) is 0.419. The first-order valence-corrected chi connectivity index (χ1v) is 10.9. The Balaban J connectivity index is 1.57. The Kier molecular flexibility index (Phi) is 6.11. The maximum atomic E-state index is 12.8. The molecule has 2 aromatic heterocycles. The number of thioether (sulfide) groups is 1. The first-order valence-electron chi connectivity index (χ1n) is 9.63. The van der Waals surface area contributed by atoms with Gasteiger partial charge in [-0.25, -0.2) is 0 Å². The van der Waals surface area contributed by atoms with Crippen LogP contribution in [0.1, 0.15) is 24.0 Å². The van der Waals surface area contributed by atoms with Gasteiger partial charge in [0.15, 0.2) is 5.16 Å². The standard InChI is InChI=1S/C22H22ClN5OS/c1-14(30-22-27-26-13-28(22)2)21(29)25-12-17(15-7-3-5-9-19(15)23)18-11-24-20-10-6-4-8-16(18)20/h3-11,13-14,17,24H,12H2,1-2H3,(H,25,29). The number of hydrogen-bond donors (Lipinski definition) is 2. The number of para-hydroxylation sites is 1. The zero-order chi connectivity index (χ0) is 21.1. The minimum atomic E-state index is -0.303. The summed E-state index contributed by atoms with van der Waals surface area (Å²) in [5, 5.41) is 13.2. The third kappa shape index (κ3) is 4.22. The van der Waals surface area contributed by atoms with Gasteiger partial charge >= 0.3 is 0 Å². The first-order chi connectivity index (χ1) is 14.5. The number of aromatic nitrogens is 4. The molecule has 0 fully saturated rings. The highest BCUT2D eigenvalue weighted by Crippen LogP contribution is 2.34. The highest BCUT2D eigenvalue weighted by atomic mass is 35.5. The molecular formula is C22H22ClN5OS. The third-order valence-electron chi connectivity index (χ3n) is 5.08. The van der Waals surface area contributed by atoms with E-state index < -0.39 is 0 Å². The summed E-state index contributed by atoms with van der Waals surface area (Å²) in [5.41, 5.74) is 3.15. The lowest BCUT2D eigenvalue weighted by Crippen LogP contribution is -2.34. The van der Waals surface area contributed by atoms with Crippen molar-refractivity contribution in [2.24, 2.45) is 7.05 Å². The van der Waals surface area contributed by atoms with Crippen molar-refractivity contribution >= 4 is 40.2 Å². The average Bonchev–Trinajstić information content (AvgIpc) is 3.36. The van der Waals surface area contributed by atoms with Gasteiger partial charge in [0.05, 0.1) is 5.25 Å². The number of fused-ring (bicyclic) bond motifs is 1. The molecule has 2 aromatic carbocycles. The Labute approximate surface area is 184 Å². The number of H-pyrrole nitrogens is 1. The molecule has 0 aliphatic rings. The molecule has 2 unspecified atom stereocenters. The van der Waals surface area contributed by atoms with E-state index in [-0.39, 0.29) is 17.1 Å². The Morgan fingerprint density at radius 2 is 1.97 bits per heavy atom. The molecule has 0 aliphatic carbocycles. The second-order valence-corrected chi connectivity index (χ2v) is 8.81. The molecular weight excluding hydrogens is 418 g/mol. The molecule has 2 N–H and O–H groups in total. The van der Waals surface area contributed by atoms with Crippen LogP contribution in [-0.4, -0.2) is 37.5 Å². The Bertz CT molecular complexity index is 1170. The van der Waals surface area contributed by atoms with Gasteiger partial charge in [0.1, 0.15) is 6.33 Å². The van der Waals surface area contributed by atoms with Crippen LogP contribution in [0.3, 0.4) is 0 Å². The van der Waals surface area contributed by atoms with E-state index in [1.165, 1.54) is 11.8 Å². The fourth-order valence-corrected chi connectivity index (χ4v) is 4.55. The van der Waals surface area contributed by atoms with E-state index in [1.54, 1.807) is 10.9 Å². The zero-order valence-corrected chi connectivity index (χ0v) is 18.2. The maximum absolute atomic E-state index is 12.8. The molecule has 0 saturated heterocycles. The summed E-state index contributed by atoms with van der Waals surface area (Å²) in [5.74, 6) is -0.134. The predicted molar refractivity (Wildman–Crippen MR) is 121 cm³/mol. The molecule has 0 radical (unpaired) electrons. The van der Waals surface area contributed by atoms with Crippen molar-refractivity contribution < 1.29 is 4.79 Å². The van der Waals surface area contributed by atoms with Crippen molar-refractivity contribution in [3.63, 3.8) is 0 Å². The van der Waals surface area contributed by atoms with Crippen LogP contribution < -0.4 is 5.32 Å². The maximum Gasteiger partial charge on any atom is 0.233 e. The summed E-state index contributed by atoms with van der Waals surface area (Å²) in [6, 6.07) is 15.9. The van der Waals surface area contributed by atoms with Gasteiger partial charge in [0.25, 0.3) is 0 Å². The number of aryl methyl sites for hydroxylation is 1. The van der Waals surface area contributed by atoms with Gasteiger partial charge in [-0.15, -0.1) is 10.2 Å². The van der Waals surface area contributed by atoms with Crippen LogP contribution in [-0.2, 0) is 11.8 Å². The van der Waals surface area contributed by atoms with Gasteiger partial charge in [0.2, 0.25) is 5.91 Å². The first kappa shape index (κ1) is 20.5. The molecule has 0 spiro atoms. The van der Waals surface area contributed by atoms with Gasteiger partial charge in [-0.1, -0.05) is 59.8 Å². The number of benzene rings is 2. The van der Waals surface area contributed by atoms with Crippen LogP contribution in [0, 0.1) is 0 Å². The van der Waals surface area contributed by atoms with Crippen LogP contribution in [0.25, 0.3) is 10.9 Å². The van der Waals surface area contributed by atoms with E-state index in [1.807, 2.05) is 62.6 Å². The molecule has 1 amide bonds. The van der Waals surface area contributed by atoms with Crippen LogP contribution in [0.4, 0.5) is 0 Å². The van der Waals surface area contributed by atoms with Crippen molar-refractivity contribution in [2.45, 2.75) is 23.2 Å². The SMILES string of the molecule is CC(Sc1nncn1C)C(=O)NCC(c1ccccc1Cl)c1c[nH]c2ccccc12. The number of aromatic amines is 1. The van der Waals surface area contributed by atoms with Crippen LogP contribution in [0.5, 0.6) is 0 Å². The molecule has 4 aromatic rings. The van der Waals surface area contributed by atoms with Crippen molar-refractivity contribution in [3.05, 3.63) is 77.2 Å². The van der Waals surface area contributed by atoms with E-state index in [0.29, 0.717) is 16.7 Å². The van der Waals surface area contributed by atoms with E-state index in [4.69, 9.17) is 11.6 Å². The summed E-state index contributed by atoms with van der Waals surface area (Å²) in [6.45, 7) is 2.30. The van der Waals surface area contributed by atoms with Crippen molar-refractivity contribution in [2.75, 3.05) is 6.54 Å². The fourth-order valence-electron chi connectivity index (χ4n) is 3.46. The van der Waals surface area contributed by atoms with Crippen molar-refractivity contribution in [3.8, 4) is 0 Å². The number of nitrogens with one attached hydrogen (secondary N) is 2. The van der Waals surface area contributed by atoms with Gasteiger partial charge in [-0.05, 0) is 30.2 Å². The summed E-state index contributed by atoms with van der Waals surface area (Å²) < 4.78 is 1.80. The molecule has 0 aliphatic heterocycles. The Morgan fingerprint density at radius 3 is 2.73 bits per heavy atom. The second-order valence-electron chi connectivity index (χ2n) is 7.09. The molecule has 0 bridgehead atoms. The zero-order valence-electron chi connectivity index (χ0n) is 16.7. The number of amides is 1. The lowest BCUT2D eigenvalue weighted by Gasteiger charge is -2.20. The summed E-state index contributed by atoms with van der Waals surface area (Å²) in [7, 11) is 1.86. The summed E-state index contributed by atoms with van der Waals surface area (Å²) >= 11 is 7.91. The van der Waals surface area contributed by atoms with Crippen LogP contribution in [0.2, 0.25) is 5.02 Å². The second kappa shape index (κ2) is 8.93. The number of rotatable bonds is 7. The van der Waals surface area contributed by atoms with Crippen LogP contribution in [0.15, 0.2) is 66.2 Å². The van der Waals surface area contributed by atoms with Gasteiger partial charge in [-0.3, -0.25) is 4.79 Å². The topological polar surface area (TPSA) is 75.6 Å². The fraction of sp³-hybridized carbons (Fsp3) is 0.227. The largest absolute Gasteiger partial charge is 0.361 e. The number of hydrogen-bond acceptors (Lipinski definition) is 4. The highest BCUT2D eigenvalue weighted by Gasteiger charge is 2.23. The lowest BCUT2D eigenvalue weighted by molar-refractivity contribution is -0.120. The van der Waals surface area contributed by atoms with E-state index >= 15 is 0 Å². The van der Waals surface area contributed by atoms with Gasteiger partial charge < -0.3 is 14.9 Å². The lowest BCUT2D eigenvalue weighted by atomic mass is 9.90. The average molecular weight is 440 g/mol. The predicted octanol–water partition coefficient (Wildman–Crippen LogP) is 4.38. The number of carbonyl (C=O) groups is 1. The minimum absolute atomic E-state index is 0.0557. The molecule has 2 atom stereocenters. The summed E-state index contributed by atoms with van der Waals surface area (Å²) in [4.78, 5) is 16.1.